The fourth-order valence-electron chi connectivity index (χ4n) is 4.99. The van der Waals surface area contributed by atoms with Gasteiger partial charge >= 0.3 is 0 Å². The van der Waals surface area contributed by atoms with Gasteiger partial charge in [0.15, 0.2) is 0 Å². The number of rotatable bonds is 3. The van der Waals surface area contributed by atoms with Crippen molar-refractivity contribution >= 4 is 12.6 Å². The van der Waals surface area contributed by atoms with E-state index in [0.29, 0.717) is 10.8 Å². The van der Waals surface area contributed by atoms with E-state index in [4.69, 9.17) is 0 Å². The molecule has 2 aliphatic carbocycles. The van der Waals surface area contributed by atoms with Gasteiger partial charge in [-0.25, -0.2) is 0 Å². The molecule has 0 saturated heterocycles. The van der Waals surface area contributed by atoms with Gasteiger partial charge in [0.05, 0.1) is 0 Å². The maximum Gasteiger partial charge on any atom is -0.0224 e. The highest BCUT2D eigenvalue weighted by molar-refractivity contribution is 7.84. The van der Waals surface area contributed by atoms with E-state index in [1.54, 1.807) is 0 Å². The lowest BCUT2D eigenvalue weighted by molar-refractivity contribution is -0.0321. The van der Waals surface area contributed by atoms with Gasteiger partial charge in [0, 0.05) is 0 Å². The molecule has 22 heavy (non-hydrogen) atoms. The first-order valence-electron chi connectivity index (χ1n) is 9.73. The van der Waals surface area contributed by atoms with Crippen molar-refractivity contribution in [1.82, 2.24) is 0 Å². The molecule has 0 spiro atoms. The SMILES string of the molecule is CC(C)(C1CC/C=C(/S)CCCC1)C(C)(C)C1CCCCC1. The molecule has 0 N–H and O–H groups in total. The first-order valence-corrected chi connectivity index (χ1v) is 10.2. The minimum Gasteiger partial charge on any atom is -0.148 e. The molecule has 1 heteroatoms. The molecule has 0 nitrogen and oxygen atoms in total. The largest absolute Gasteiger partial charge is 0.148 e. The minimum absolute atomic E-state index is 0.434. The van der Waals surface area contributed by atoms with Gasteiger partial charge in [0.1, 0.15) is 0 Å². The molecule has 0 aromatic rings. The maximum atomic E-state index is 4.63. The summed E-state index contributed by atoms with van der Waals surface area (Å²) in [7, 11) is 0. The first kappa shape index (κ1) is 18.4. The van der Waals surface area contributed by atoms with E-state index < -0.39 is 0 Å². The molecule has 2 rings (SSSR count). The molecule has 0 aromatic carbocycles. The predicted molar refractivity (Wildman–Crippen MR) is 102 cm³/mol. The maximum absolute atomic E-state index is 4.63. The number of thiol groups is 1. The third-order valence-corrected chi connectivity index (χ3v) is 7.84. The third kappa shape index (κ3) is 4.13. The quantitative estimate of drug-likeness (QED) is 0.514. The van der Waals surface area contributed by atoms with Crippen LogP contribution in [0.15, 0.2) is 11.0 Å². The van der Waals surface area contributed by atoms with E-state index in [2.05, 4.69) is 46.4 Å². The molecule has 0 amide bonds. The zero-order valence-electron chi connectivity index (χ0n) is 15.5. The van der Waals surface area contributed by atoms with E-state index in [-0.39, 0.29) is 0 Å². The highest BCUT2D eigenvalue weighted by atomic mass is 32.1. The van der Waals surface area contributed by atoms with Crippen LogP contribution in [0.5, 0.6) is 0 Å². The van der Waals surface area contributed by atoms with Crippen molar-refractivity contribution in [2.75, 3.05) is 0 Å². The highest BCUT2D eigenvalue weighted by Crippen LogP contribution is 2.55. The van der Waals surface area contributed by atoms with E-state index in [1.165, 1.54) is 75.5 Å². The topological polar surface area (TPSA) is 0 Å². The van der Waals surface area contributed by atoms with E-state index in [9.17, 15) is 0 Å². The molecule has 2 aliphatic rings. The Kier molecular flexibility index (Phi) is 6.51. The van der Waals surface area contributed by atoms with Crippen LogP contribution in [0.3, 0.4) is 0 Å². The van der Waals surface area contributed by atoms with Crippen LogP contribution in [-0.4, -0.2) is 0 Å². The minimum atomic E-state index is 0.434. The van der Waals surface area contributed by atoms with Crippen LogP contribution in [0.2, 0.25) is 0 Å². The average Bonchev–Trinajstić information content (AvgIpc) is 2.60. The summed E-state index contributed by atoms with van der Waals surface area (Å²) in [6, 6.07) is 0. The van der Waals surface area contributed by atoms with E-state index >= 15 is 0 Å². The Morgan fingerprint density at radius 3 is 1.86 bits per heavy atom. The van der Waals surface area contributed by atoms with Crippen LogP contribution in [0.25, 0.3) is 0 Å². The van der Waals surface area contributed by atoms with Crippen molar-refractivity contribution in [3.8, 4) is 0 Å². The van der Waals surface area contributed by atoms with Crippen molar-refractivity contribution < 1.29 is 0 Å². The standard InChI is InChI=1S/C21H38S/c1-20(2,17-11-6-5-7-12-17)21(3,4)18-13-8-9-15-19(22)16-10-14-18/h16-18,22H,5-15H2,1-4H3/b19-16+. The lowest BCUT2D eigenvalue weighted by Gasteiger charge is -2.52. The van der Waals surface area contributed by atoms with Gasteiger partial charge in [0.25, 0.3) is 0 Å². The van der Waals surface area contributed by atoms with Crippen LogP contribution in [0, 0.1) is 22.7 Å². The van der Waals surface area contributed by atoms with Gasteiger partial charge in [-0.1, -0.05) is 59.5 Å². The zero-order chi connectivity index (χ0) is 16.2. The average molecular weight is 323 g/mol. The zero-order valence-corrected chi connectivity index (χ0v) is 16.4. The summed E-state index contributed by atoms with van der Waals surface area (Å²) in [5.74, 6) is 1.79. The molecule has 1 unspecified atom stereocenters. The Labute approximate surface area is 144 Å². The van der Waals surface area contributed by atoms with Crippen molar-refractivity contribution in [3.05, 3.63) is 11.0 Å². The van der Waals surface area contributed by atoms with Gasteiger partial charge in [0.2, 0.25) is 0 Å². The van der Waals surface area contributed by atoms with Crippen molar-refractivity contribution in [2.45, 2.75) is 98.3 Å². The summed E-state index contributed by atoms with van der Waals surface area (Å²) >= 11 is 4.63. The number of allylic oxidation sites excluding steroid dienone is 2. The molecule has 128 valence electrons. The van der Waals surface area contributed by atoms with Crippen LogP contribution < -0.4 is 0 Å². The molecule has 0 aliphatic heterocycles. The fourth-order valence-corrected chi connectivity index (χ4v) is 5.28. The molecular weight excluding hydrogens is 284 g/mol. The Morgan fingerprint density at radius 1 is 0.773 bits per heavy atom. The lowest BCUT2D eigenvalue weighted by atomic mass is 9.52. The van der Waals surface area contributed by atoms with Gasteiger partial charge in [-0.2, -0.15) is 0 Å². The smallest absolute Gasteiger partial charge is 0.0224 e. The Hall–Kier alpha value is 0.0900. The Balaban J connectivity index is 2.11. The van der Waals surface area contributed by atoms with Crippen LogP contribution in [0.1, 0.15) is 98.3 Å². The molecule has 1 fully saturated rings. The van der Waals surface area contributed by atoms with Gasteiger partial charge in [-0.3, -0.25) is 0 Å². The van der Waals surface area contributed by atoms with Crippen LogP contribution >= 0.6 is 12.6 Å². The second-order valence-electron chi connectivity index (χ2n) is 8.99. The number of hydrogen-bond donors (Lipinski definition) is 1. The molecule has 1 atom stereocenters. The lowest BCUT2D eigenvalue weighted by Crippen LogP contribution is -2.44. The summed E-state index contributed by atoms with van der Waals surface area (Å²) in [6.07, 6.45) is 17.6. The Morgan fingerprint density at radius 2 is 1.27 bits per heavy atom. The van der Waals surface area contributed by atoms with Gasteiger partial charge in [-0.05, 0) is 72.5 Å². The second kappa shape index (κ2) is 7.77. The molecule has 0 aromatic heterocycles. The molecule has 0 radical (unpaired) electrons. The van der Waals surface area contributed by atoms with Gasteiger partial charge in [-0.15, -0.1) is 12.6 Å². The third-order valence-electron chi connectivity index (χ3n) is 7.44. The van der Waals surface area contributed by atoms with E-state index in [1.807, 2.05) is 0 Å². The van der Waals surface area contributed by atoms with Crippen molar-refractivity contribution in [3.63, 3.8) is 0 Å². The number of hydrogen-bond acceptors (Lipinski definition) is 1. The summed E-state index contributed by atoms with van der Waals surface area (Å²) in [5.41, 5.74) is 0.892. The van der Waals surface area contributed by atoms with Crippen molar-refractivity contribution in [2.24, 2.45) is 22.7 Å². The predicted octanol–water partition coefficient (Wildman–Crippen LogP) is 7.40. The molecule has 0 bridgehead atoms. The summed E-state index contributed by atoms with van der Waals surface area (Å²) in [4.78, 5) is 1.32. The molecule has 1 saturated carbocycles. The first-order chi connectivity index (χ1) is 10.4. The monoisotopic (exact) mass is 322 g/mol. The second-order valence-corrected chi connectivity index (χ2v) is 9.57. The summed E-state index contributed by atoms with van der Waals surface area (Å²) in [6.45, 7) is 10.3. The molecular formula is C21H38S. The molecule has 0 heterocycles. The Bertz CT molecular complexity index is 371. The van der Waals surface area contributed by atoms with Crippen LogP contribution in [0.4, 0.5) is 0 Å². The van der Waals surface area contributed by atoms with Crippen molar-refractivity contribution in [1.29, 1.82) is 0 Å². The van der Waals surface area contributed by atoms with Crippen LogP contribution in [-0.2, 0) is 0 Å². The normalized spacial score (nSPS) is 29.1. The summed E-state index contributed by atoms with van der Waals surface area (Å²) in [5, 5.41) is 0. The van der Waals surface area contributed by atoms with E-state index in [0.717, 1.165) is 11.8 Å². The van der Waals surface area contributed by atoms with Gasteiger partial charge < -0.3 is 0 Å². The fraction of sp³-hybridized carbons (Fsp3) is 0.905. The summed E-state index contributed by atoms with van der Waals surface area (Å²) < 4.78 is 0. The highest BCUT2D eigenvalue weighted by Gasteiger charge is 2.46.